The van der Waals surface area contributed by atoms with Gasteiger partial charge in [0.1, 0.15) is 5.01 Å². The molecule has 0 fully saturated rings. The van der Waals surface area contributed by atoms with E-state index in [1.807, 2.05) is 0 Å². The summed E-state index contributed by atoms with van der Waals surface area (Å²) in [6, 6.07) is 0.746. The second-order valence-electron chi connectivity index (χ2n) is 3.93. The van der Waals surface area contributed by atoms with Crippen LogP contribution in [0.1, 0.15) is 38.8 Å². The van der Waals surface area contributed by atoms with Gasteiger partial charge in [-0.25, -0.2) is 14.2 Å². The molecule has 8 heteroatoms. The van der Waals surface area contributed by atoms with Crippen molar-refractivity contribution in [3.05, 3.63) is 45.9 Å². The topological polar surface area (TPSA) is 92.2 Å². The Balaban J connectivity index is 2.11. The first-order valence-electron chi connectivity index (χ1n) is 5.58. The van der Waals surface area contributed by atoms with Gasteiger partial charge < -0.3 is 10.4 Å². The van der Waals surface area contributed by atoms with Crippen LogP contribution in [0.5, 0.6) is 0 Å². The predicted octanol–water partition coefficient (Wildman–Crippen LogP) is 1.87. The molecule has 0 aliphatic heterocycles. The number of carboxylic acid groups (broad SMARTS) is 1. The SMILES string of the molecule is CC(NC(=O)c1ccncc1F)c1nc(C(=O)O)cs1. The van der Waals surface area contributed by atoms with Gasteiger partial charge in [0.15, 0.2) is 11.5 Å². The van der Waals surface area contributed by atoms with Crippen LogP contribution < -0.4 is 5.32 Å². The molecule has 2 heterocycles. The lowest BCUT2D eigenvalue weighted by molar-refractivity contribution is 0.0691. The summed E-state index contributed by atoms with van der Waals surface area (Å²) in [4.78, 5) is 30.0. The maximum atomic E-state index is 13.4. The fourth-order valence-electron chi connectivity index (χ4n) is 1.48. The maximum absolute atomic E-state index is 13.4. The number of carboxylic acids is 1. The highest BCUT2D eigenvalue weighted by atomic mass is 32.1. The van der Waals surface area contributed by atoms with Crippen LogP contribution >= 0.6 is 11.3 Å². The highest BCUT2D eigenvalue weighted by Crippen LogP contribution is 2.18. The van der Waals surface area contributed by atoms with E-state index in [4.69, 9.17) is 5.11 Å². The Morgan fingerprint density at radius 2 is 2.25 bits per heavy atom. The summed E-state index contributed by atoms with van der Waals surface area (Å²) in [6.07, 6.45) is 2.26. The van der Waals surface area contributed by atoms with Crippen LogP contribution in [-0.2, 0) is 0 Å². The van der Waals surface area contributed by atoms with Crippen LogP contribution in [-0.4, -0.2) is 27.0 Å². The Hall–Kier alpha value is -2.35. The molecule has 20 heavy (non-hydrogen) atoms. The van der Waals surface area contributed by atoms with Gasteiger partial charge >= 0.3 is 5.97 Å². The Bertz CT molecular complexity index is 659. The lowest BCUT2D eigenvalue weighted by Gasteiger charge is -2.11. The third kappa shape index (κ3) is 2.97. The van der Waals surface area contributed by atoms with E-state index in [0.29, 0.717) is 5.01 Å². The summed E-state index contributed by atoms with van der Waals surface area (Å²) in [6.45, 7) is 1.64. The first-order valence-corrected chi connectivity index (χ1v) is 6.46. The van der Waals surface area contributed by atoms with Crippen LogP contribution in [0, 0.1) is 5.82 Å². The minimum absolute atomic E-state index is 0.0822. The zero-order valence-electron chi connectivity index (χ0n) is 10.3. The van der Waals surface area contributed by atoms with Gasteiger partial charge in [-0.05, 0) is 13.0 Å². The molecule has 2 rings (SSSR count). The van der Waals surface area contributed by atoms with Crippen molar-refractivity contribution >= 4 is 23.2 Å². The van der Waals surface area contributed by atoms with Crippen LogP contribution in [0.2, 0.25) is 0 Å². The summed E-state index contributed by atoms with van der Waals surface area (Å²) < 4.78 is 13.4. The van der Waals surface area contributed by atoms with Gasteiger partial charge in [-0.2, -0.15) is 0 Å². The molecule has 1 unspecified atom stereocenters. The lowest BCUT2D eigenvalue weighted by Crippen LogP contribution is -2.27. The molecular formula is C12H10FN3O3S. The number of hydrogen-bond acceptors (Lipinski definition) is 5. The highest BCUT2D eigenvalue weighted by Gasteiger charge is 2.18. The van der Waals surface area contributed by atoms with Gasteiger partial charge in [0, 0.05) is 11.6 Å². The van der Waals surface area contributed by atoms with Crippen molar-refractivity contribution in [2.75, 3.05) is 0 Å². The number of amides is 1. The second kappa shape index (κ2) is 5.74. The van der Waals surface area contributed by atoms with Crippen molar-refractivity contribution in [2.45, 2.75) is 13.0 Å². The van der Waals surface area contributed by atoms with Gasteiger partial charge in [0.2, 0.25) is 0 Å². The minimum Gasteiger partial charge on any atom is -0.476 e. The fraction of sp³-hybridized carbons (Fsp3) is 0.167. The van der Waals surface area contributed by atoms with Crippen molar-refractivity contribution in [2.24, 2.45) is 0 Å². The van der Waals surface area contributed by atoms with Gasteiger partial charge in [0.05, 0.1) is 17.8 Å². The average molecular weight is 295 g/mol. The molecule has 104 valence electrons. The van der Waals surface area contributed by atoms with Gasteiger partial charge in [-0.1, -0.05) is 0 Å². The smallest absolute Gasteiger partial charge is 0.355 e. The van der Waals surface area contributed by atoms with Gasteiger partial charge in [-0.15, -0.1) is 11.3 Å². The monoisotopic (exact) mass is 295 g/mol. The molecule has 0 radical (unpaired) electrons. The average Bonchev–Trinajstić information content (AvgIpc) is 2.88. The molecule has 0 aliphatic carbocycles. The summed E-state index contributed by atoms with van der Waals surface area (Å²) in [5.41, 5.74) is -0.206. The van der Waals surface area contributed by atoms with E-state index in [2.05, 4.69) is 15.3 Å². The number of pyridine rings is 1. The minimum atomic E-state index is -1.13. The number of rotatable bonds is 4. The number of nitrogens with zero attached hydrogens (tertiary/aromatic N) is 2. The zero-order chi connectivity index (χ0) is 14.7. The van der Waals surface area contributed by atoms with Crippen molar-refractivity contribution in [3.8, 4) is 0 Å². The molecule has 2 N–H and O–H groups in total. The number of hydrogen-bond donors (Lipinski definition) is 2. The van der Waals surface area contributed by atoms with E-state index < -0.39 is 23.7 Å². The van der Waals surface area contributed by atoms with Crippen molar-refractivity contribution in [1.29, 1.82) is 0 Å². The van der Waals surface area contributed by atoms with Gasteiger partial charge in [0.25, 0.3) is 5.91 Å². The molecule has 0 saturated heterocycles. The summed E-state index contributed by atoms with van der Waals surface area (Å²) >= 11 is 1.11. The van der Waals surface area contributed by atoms with Crippen molar-refractivity contribution in [3.63, 3.8) is 0 Å². The molecule has 0 aromatic carbocycles. The largest absolute Gasteiger partial charge is 0.476 e. The molecule has 0 spiro atoms. The number of aromatic nitrogens is 2. The third-order valence-corrected chi connectivity index (χ3v) is 3.50. The molecule has 1 amide bonds. The summed E-state index contributed by atoms with van der Waals surface area (Å²) in [7, 11) is 0. The Kier molecular flexibility index (Phi) is 4.04. The molecular weight excluding hydrogens is 285 g/mol. The van der Waals surface area contributed by atoms with E-state index >= 15 is 0 Å². The molecule has 0 aliphatic rings. The fourth-order valence-corrected chi connectivity index (χ4v) is 2.28. The van der Waals surface area contributed by atoms with Gasteiger partial charge in [-0.3, -0.25) is 9.78 Å². The molecule has 0 saturated carbocycles. The highest BCUT2D eigenvalue weighted by molar-refractivity contribution is 7.09. The quantitative estimate of drug-likeness (QED) is 0.898. The van der Waals surface area contributed by atoms with E-state index in [9.17, 15) is 14.0 Å². The van der Waals surface area contributed by atoms with Crippen LogP contribution in [0.3, 0.4) is 0 Å². The molecule has 6 nitrogen and oxygen atoms in total. The number of aromatic carboxylic acids is 1. The van der Waals surface area contributed by atoms with Crippen molar-refractivity contribution < 1.29 is 19.1 Å². The standard InChI is InChI=1S/C12H10FN3O3S/c1-6(11-16-9(5-20-11)12(18)19)15-10(17)7-2-3-14-4-8(7)13/h2-6H,1H3,(H,15,17)(H,18,19). The molecule has 2 aromatic heterocycles. The normalized spacial score (nSPS) is 11.9. The lowest BCUT2D eigenvalue weighted by atomic mass is 10.2. The number of nitrogens with one attached hydrogen (secondary N) is 1. The van der Waals surface area contributed by atoms with Crippen molar-refractivity contribution in [1.82, 2.24) is 15.3 Å². The van der Waals surface area contributed by atoms with E-state index in [1.54, 1.807) is 6.92 Å². The molecule has 2 aromatic rings. The number of carbonyl (C=O) groups is 2. The van der Waals surface area contributed by atoms with E-state index in [-0.39, 0.29) is 11.3 Å². The van der Waals surface area contributed by atoms with Crippen LogP contribution in [0.25, 0.3) is 0 Å². The number of carbonyl (C=O) groups excluding carboxylic acids is 1. The Morgan fingerprint density at radius 1 is 1.50 bits per heavy atom. The Morgan fingerprint density at radius 3 is 2.85 bits per heavy atom. The van der Waals surface area contributed by atoms with E-state index in [1.165, 1.54) is 17.6 Å². The second-order valence-corrected chi connectivity index (χ2v) is 4.82. The third-order valence-electron chi connectivity index (χ3n) is 2.48. The van der Waals surface area contributed by atoms with Crippen LogP contribution in [0.4, 0.5) is 4.39 Å². The number of thiazole rings is 1. The molecule has 1 atom stereocenters. The van der Waals surface area contributed by atoms with Crippen LogP contribution in [0.15, 0.2) is 23.8 Å². The predicted molar refractivity (Wildman–Crippen MR) is 69.1 cm³/mol. The first-order chi connectivity index (χ1) is 9.49. The maximum Gasteiger partial charge on any atom is 0.355 e. The van der Waals surface area contributed by atoms with E-state index in [0.717, 1.165) is 17.5 Å². The first kappa shape index (κ1) is 14.1. The summed E-state index contributed by atoms with van der Waals surface area (Å²) in [5.74, 6) is -2.46. The Labute approximate surface area is 117 Å². The number of halogens is 1. The summed E-state index contributed by atoms with van der Waals surface area (Å²) in [5, 5.41) is 13.1. The zero-order valence-corrected chi connectivity index (χ0v) is 11.1. The molecule has 0 bridgehead atoms.